The van der Waals surface area contributed by atoms with Gasteiger partial charge in [0.2, 0.25) is 0 Å². The third-order valence-electron chi connectivity index (χ3n) is 5.83. The van der Waals surface area contributed by atoms with Gasteiger partial charge in [-0.3, -0.25) is 14.8 Å². The van der Waals surface area contributed by atoms with E-state index in [1.165, 1.54) is 12.8 Å². The highest BCUT2D eigenvalue weighted by Crippen LogP contribution is 2.40. The van der Waals surface area contributed by atoms with Gasteiger partial charge in [0.15, 0.2) is 0 Å². The molecule has 3 aromatic rings. The quantitative estimate of drug-likeness (QED) is 0.673. The first-order chi connectivity index (χ1) is 14.6. The van der Waals surface area contributed by atoms with Gasteiger partial charge in [-0.15, -0.1) is 0 Å². The minimum atomic E-state index is -0.439. The number of carbonyl (C=O) groups excluding carboxylic acids is 1. The van der Waals surface area contributed by atoms with Crippen LogP contribution in [0.25, 0.3) is 22.3 Å². The Labute approximate surface area is 180 Å². The van der Waals surface area contributed by atoms with E-state index >= 15 is 0 Å². The molecule has 1 atom stereocenters. The molecule has 1 amide bonds. The molecule has 30 heavy (non-hydrogen) atoms. The number of hydrogen-bond donors (Lipinski definition) is 1. The van der Waals surface area contributed by atoms with Gasteiger partial charge in [-0.25, -0.2) is 0 Å². The molecule has 1 saturated carbocycles. The number of benzene rings is 1. The summed E-state index contributed by atoms with van der Waals surface area (Å²) in [5.74, 6) is 0.494. The van der Waals surface area contributed by atoms with Crippen molar-refractivity contribution >= 4 is 17.5 Å². The van der Waals surface area contributed by atoms with E-state index in [0.29, 0.717) is 36.0 Å². The number of likely N-dealkylation sites (tertiary alicyclic amines) is 1. The minimum Gasteiger partial charge on any atom is -0.391 e. The molecule has 0 radical (unpaired) electrons. The van der Waals surface area contributed by atoms with Crippen LogP contribution in [-0.4, -0.2) is 45.1 Å². The Balaban J connectivity index is 1.42. The average Bonchev–Trinajstić information content (AvgIpc) is 3.54. The van der Waals surface area contributed by atoms with Crippen molar-refractivity contribution in [2.75, 3.05) is 13.1 Å². The van der Waals surface area contributed by atoms with Crippen molar-refractivity contribution in [3.63, 3.8) is 0 Å². The number of pyridine rings is 2. The fourth-order valence-corrected chi connectivity index (χ4v) is 4.26. The zero-order valence-corrected chi connectivity index (χ0v) is 17.2. The largest absolute Gasteiger partial charge is 0.391 e. The van der Waals surface area contributed by atoms with Crippen LogP contribution in [0, 0.1) is 0 Å². The first-order valence-corrected chi connectivity index (χ1v) is 10.6. The van der Waals surface area contributed by atoms with Gasteiger partial charge in [0.1, 0.15) is 0 Å². The van der Waals surface area contributed by atoms with Crippen molar-refractivity contribution in [2.45, 2.75) is 31.3 Å². The van der Waals surface area contributed by atoms with Crippen LogP contribution in [0.5, 0.6) is 0 Å². The van der Waals surface area contributed by atoms with Crippen molar-refractivity contribution in [3.05, 3.63) is 71.3 Å². The molecule has 2 aromatic heterocycles. The summed E-state index contributed by atoms with van der Waals surface area (Å²) in [6.07, 6.45) is 8.10. The van der Waals surface area contributed by atoms with Crippen molar-refractivity contribution in [2.24, 2.45) is 0 Å². The highest BCUT2D eigenvalue weighted by atomic mass is 35.5. The van der Waals surface area contributed by atoms with Gasteiger partial charge in [-0.1, -0.05) is 17.7 Å². The molecule has 1 saturated heterocycles. The molecule has 2 aliphatic rings. The van der Waals surface area contributed by atoms with E-state index in [1.54, 1.807) is 23.2 Å². The van der Waals surface area contributed by atoms with Crippen molar-refractivity contribution in [3.8, 4) is 22.3 Å². The number of β-amino-alcohol motifs (C(OH)–C–C–N with tert-alkyl or cyclic N) is 1. The van der Waals surface area contributed by atoms with Crippen LogP contribution in [0.2, 0.25) is 5.02 Å². The molecule has 1 unspecified atom stereocenters. The Morgan fingerprint density at radius 2 is 1.87 bits per heavy atom. The van der Waals surface area contributed by atoms with Crippen molar-refractivity contribution in [1.29, 1.82) is 0 Å². The number of aliphatic hydroxyl groups is 1. The maximum absolute atomic E-state index is 12.7. The highest BCUT2D eigenvalue weighted by molar-refractivity contribution is 6.33. The zero-order chi connectivity index (χ0) is 20.7. The predicted molar refractivity (Wildman–Crippen MR) is 116 cm³/mol. The molecule has 1 aliphatic carbocycles. The molecule has 0 spiro atoms. The monoisotopic (exact) mass is 419 g/mol. The van der Waals surface area contributed by atoms with Gasteiger partial charge < -0.3 is 10.0 Å². The Hall–Kier alpha value is -2.76. The van der Waals surface area contributed by atoms with Gasteiger partial charge >= 0.3 is 0 Å². The molecule has 6 heteroatoms. The minimum absolute atomic E-state index is 0.101. The molecule has 1 aromatic carbocycles. The summed E-state index contributed by atoms with van der Waals surface area (Å²) >= 11 is 6.56. The van der Waals surface area contributed by atoms with E-state index in [1.807, 2.05) is 24.5 Å². The van der Waals surface area contributed by atoms with Crippen LogP contribution in [0.1, 0.15) is 41.2 Å². The lowest BCUT2D eigenvalue weighted by Gasteiger charge is -2.16. The summed E-state index contributed by atoms with van der Waals surface area (Å²) in [5.41, 5.74) is 5.52. The van der Waals surface area contributed by atoms with Crippen molar-refractivity contribution in [1.82, 2.24) is 14.9 Å². The van der Waals surface area contributed by atoms with Gasteiger partial charge in [0.05, 0.1) is 6.10 Å². The topological polar surface area (TPSA) is 66.3 Å². The molecule has 1 aliphatic heterocycles. The standard InChI is InChI=1S/C24H22ClN3O2/c25-22-10-17(24(30)28-8-6-20(29)14-28)3-4-21(22)19-9-18(12-26-13-19)16-5-7-27-23(11-16)15-1-2-15/h3-5,7,9-13,15,20,29H,1-2,6,8,14H2. The Bertz CT molecular complexity index is 1110. The summed E-state index contributed by atoms with van der Waals surface area (Å²) in [7, 11) is 0. The van der Waals surface area contributed by atoms with Gasteiger partial charge in [0, 0.05) is 70.6 Å². The second kappa shape index (κ2) is 7.82. The number of aromatic nitrogens is 2. The first kappa shape index (κ1) is 19.2. The van der Waals surface area contributed by atoms with Crippen LogP contribution in [0.15, 0.2) is 55.0 Å². The van der Waals surface area contributed by atoms with Gasteiger partial charge in [-0.05, 0) is 55.2 Å². The number of hydrogen-bond acceptors (Lipinski definition) is 4. The number of aliphatic hydroxyl groups excluding tert-OH is 1. The number of rotatable bonds is 4. The average molecular weight is 420 g/mol. The van der Waals surface area contributed by atoms with E-state index in [9.17, 15) is 9.90 Å². The number of halogens is 1. The molecular formula is C24H22ClN3O2. The normalized spacial score (nSPS) is 18.6. The van der Waals surface area contributed by atoms with Gasteiger partial charge in [-0.2, -0.15) is 0 Å². The number of amides is 1. The third-order valence-corrected chi connectivity index (χ3v) is 6.14. The summed E-state index contributed by atoms with van der Waals surface area (Å²) in [6.45, 7) is 0.944. The lowest BCUT2D eigenvalue weighted by Crippen LogP contribution is -2.29. The number of nitrogens with zero attached hydrogens (tertiary/aromatic N) is 3. The van der Waals surface area contributed by atoms with Gasteiger partial charge in [0.25, 0.3) is 5.91 Å². The molecule has 5 nitrogen and oxygen atoms in total. The fraction of sp³-hybridized carbons (Fsp3) is 0.292. The molecular weight excluding hydrogens is 398 g/mol. The van der Waals surface area contributed by atoms with E-state index in [4.69, 9.17) is 11.6 Å². The SMILES string of the molecule is O=C(c1ccc(-c2cncc(-c3ccnc(C4CC4)c3)c2)c(Cl)c1)N1CCC(O)C1. The second-order valence-electron chi connectivity index (χ2n) is 8.09. The van der Waals surface area contributed by atoms with E-state index in [2.05, 4.69) is 22.1 Å². The van der Waals surface area contributed by atoms with Crippen LogP contribution in [-0.2, 0) is 0 Å². The molecule has 3 heterocycles. The molecule has 1 N–H and O–H groups in total. The Morgan fingerprint density at radius 1 is 1.03 bits per heavy atom. The molecule has 0 bridgehead atoms. The Morgan fingerprint density at radius 3 is 2.60 bits per heavy atom. The Kier molecular flexibility index (Phi) is 5.01. The lowest BCUT2D eigenvalue weighted by atomic mass is 10.0. The second-order valence-corrected chi connectivity index (χ2v) is 8.50. The van der Waals surface area contributed by atoms with Crippen LogP contribution in [0.4, 0.5) is 0 Å². The summed E-state index contributed by atoms with van der Waals surface area (Å²) < 4.78 is 0. The number of carbonyl (C=O) groups is 1. The van der Waals surface area contributed by atoms with E-state index < -0.39 is 6.10 Å². The van der Waals surface area contributed by atoms with Crippen LogP contribution >= 0.6 is 11.6 Å². The third kappa shape index (κ3) is 3.83. The smallest absolute Gasteiger partial charge is 0.253 e. The summed E-state index contributed by atoms with van der Waals surface area (Å²) in [6, 6.07) is 11.6. The maximum atomic E-state index is 12.7. The van der Waals surface area contributed by atoms with Crippen LogP contribution < -0.4 is 0 Å². The highest BCUT2D eigenvalue weighted by Gasteiger charge is 2.26. The molecule has 152 valence electrons. The zero-order valence-electron chi connectivity index (χ0n) is 16.5. The summed E-state index contributed by atoms with van der Waals surface area (Å²) in [4.78, 5) is 23.2. The maximum Gasteiger partial charge on any atom is 0.253 e. The van der Waals surface area contributed by atoms with E-state index in [-0.39, 0.29) is 5.91 Å². The fourth-order valence-electron chi connectivity index (χ4n) is 3.97. The summed E-state index contributed by atoms with van der Waals surface area (Å²) in [5, 5.41) is 10.2. The predicted octanol–water partition coefficient (Wildman–Crippen LogP) is 4.55. The van der Waals surface area contributed by atoms with Crippen LogP contribution in [0.3, 0.4) is 0 Å². The first-order valence-electron chi connectivity index (χ1n) is 10.3. The van der Waals surface area contributed by atoms with Crippen molar-refractivity contribution < 1.29 is 9.90 Å². The van der Waals surface area contributed by atoms with E-state index in [0.717, 1.165) is 27.9 Å². The molecule has 2 fully saturated rings. The molecule has 5 rings (SSSR count). The lowest BCUT2D eigenvalue weighted by molar-refractivity contribution is 0.0765.